The fraction of sp³-hybridized carbons (Fsp3) is 0.318. The number of benzene rings is 2. The summed E-state index contributed by atoms with van der Waals surface area (Å²) in [6.07, 6.45) is 1.92. The largest absolute Gasteiger partial charge is 0.381 e. The number of rotatable bonds is 4. The molecule has 2 heterocycles. The maximum atomic E-state index is 14.5. The van der Waals surface area contributed by atoms with Crippen molar-refractivity contribution in [3.8, 4) is 0 Å². The Morgan fingerprint density at radius 1 is 1.23 bits per heavy atom. The first kappa shape index (κ1) is 20.5. The fourth-order valence-corrected chi connectivity index (χ4v) is 4.00. The van der Waals surface area contributed by atoms with Crippen LogP contribution in [-0.4, -0.2) is 47.3 Å². The van der Waals surface area contributed by atoms with Gasteiger partial charge in [-0.1, -0.05) is 17.7 Å². The number of fused-ring (bicyclic) bond motifs is 1. The van der Waals surface area contributed by atoms with Gasteiger partial charge in [0.2, 0.25) is 0 Å². The van der Waals surface area contributed by atoms with E-state index in [-0.39, 0.29) is 23.1 Å². The van der Waals surface area contributed by atoms with Crippen molar-refractivity contribution in [1.29, 1.82) is 0 Å². The van der Waals surface area contributed by atoms with Crippen molar-refractivity contribution in [2.24, 2.45) is 0 Å². The Bertz CT molecular complexity index is 1160. The van der Waals surface area contributed by atoms with Crippen LogP contribution in [-0.2, 0) is 11.2 Å². The lowest BCUT2D eigenvalue weighted by Gasteiger charge is -2.31. The lowest BCUT2D eigenvalue weighted by atomic mass is 10.0. The van der Waals surface area contributed by atoms with E-state index in [9.17, 15) is 14.0 Å². The predicted molar refractivity (Wildman–Crippen MR) is 113 cm³/mol. The summed E-state index contributed by atoms with van der Waals surface area (Å²) in [5, 5.41) is 8.23. The Morgan fingerprint density at radius 2 is 2.00 bits per heavy atom. The number of H-pyrrole nitrogens is 1. The molecule has 1 aliphatic rings. The highest BCUT2D eigenvalue weighted by atomic mass is 35.5. The highest BCUT2D eigenvalue weighted by Gasteiger charge is 2.25. The number of methoxy groups -OCH3 is 1. The lowest BCUT2D eigenvalue weighted by molar-refractivity contribution is 0.0348. The number of nitrogens with zero attached hydrogens (tertiary/aromatic N) is 2. The van der Waals surface area contributed by atoms with E-state index in [1.807, 2.05) is 0 Å². The van der Waals surface area contributed by atoms with Gasteiger partial charge in [0.15, 0.2) is 0 Å². The molecule has 2 aromatic carbocycles. The molecule has 1 N–H and O–H groups in total. The Hall–Kier alpha value is -2.77. The molecular formula is C22H21ClFN3O3. The van der Waals surface area contributed by atoms with Gasteiger partial charge in [-0.2, -0.15) is 5.10 Å². The molecule has 0 radical (unpaired) electrons. The third kappa shape index (κ3) is 4.08. The fourth-order valence-electron chi connectivity index (χ4n) is 3.83. The number of aromatic nitrogens is 2. The number of piperidine rings is 1. The molecule has 1 fully saturated rings. The molecule has 1 saturated heterocycles. The van der Waals surface area contributed by atoms with Crippen LogP contribution >= 0.6 is 11.6 Å². The summed E-state index contributed by atoms with van der Waals surface area (Å²) in [5.41, 5.74) is 1.04. The summed E-state index contributed by atoms with van der Waals surface area (Å²) < 4.78 is 19.8. The van der Waals surface area contributed by atoms with Crippen LogP contribution in [0.25, 0.3) is 10.8 Å². The van der Waals surface area contributed by atoms with Gasteiger partial charge in [0.25, 0.3) is 11.5 Å². The number of amides is 1. The minimum absolute atomic E-state index is 0.0372. The zero-order valence-electron chi connectivity index (χ0n) is 16.5. The van der Waals surface area contributed by atoms with Crippen molar-refractivity contribution < 1.29 is 13.9 Å². The normalized spacial score (nSPS) is 15.0. The van der Waals surface area contributed by atoms with Gasteiger partial charge in [0, 0.05) is 37.0 Å². The number of carbonyl (C=O) groups is 1. The van der Waals surface area contributed by atoms with Crippen molar-refractivity contribution >= 4 is 28.3 Å². The summed E-state index contributed by atoms with van der Waals surface area (Å²) >= 11 is 6.09. The van der Waals surface area contributed by atoms with E-state index in [2.05, 4.69) is 10.2 Å². The number of ether oxygens (including phenoxy) is 1. The zero-order valence-corrected chi connectivity index (χ0v) is 17.2. The van der Waals surface area contributed by atoms with Crippen LogP contribution in [0.1, 0.15) is 34.5 Å². The average molecular weight is 430 g/mol. The van der Waals surface area contributed by atoms with E-state index >= 15 is 0 Å². The molecule has 30 heavy (non-hydrogen) atoms. The van der Waals surface area contributed by atoms with E-state index in [4.69, 9.17) is 16.3 Å². The van der Waals surface area contributed by atoms with Gasteiger partial charge in [0.05, 0.1) is 22.7 Å². The molecular weight excluding hydrogens is 409 g/mol. The van der Waals surface area contributed by atoms with Gasteiger partial charge in [-0.25, -0.2) is 9.49 Å². The summed E-state index contributed by atoms with van der Waals surface area (Å²) in [5.74, 6) is -0.883. The Morgan fingerprint density at radius 3 is 2.73 bits per heavy atom. The predicted octanol–water partition coefficient (Wildman–Crippen LogP) is 3.56. The van der Waals surface area contributed by atoms with Gasteiger partial charge in [-0.15, -0.1) is 0 Å². The van der Waals surface area contributed by atoms with Crippen LogP contribution in [0.4, 0.5) is 4.39 Å². The molecule has 0 saturated carbocycles. The van der Waals surface area contributed by atoms with E-state index in [0.29, 0.717) is 46.6 Å². The number of likely N-dealkylation sites (tertiary alicyclic amines) is 1. The second-order valence-corrected chi connectivity index (χ2v) is 7.84. The minimum atomic E-state index is -0.556. The van der Waals surface area contributed by atoms with E-state index in [1.165, 1.54) is 6.07 Å². The van der Waals surface area contributed by atoms with Crippen LogP contribution in [0, 0.1) is 5.82 Å². The van der Waals surface area contributed by atoms with Gasteiger partial charge in [-0.05, 0) is 48.7 Å². The molecule has 4 rings (SSSR count). The molecule has 3 aromatic rings. The van der Waals surface area contributed by atoms with Crippen molar-refractivity contribution in [2.75, 3.05) is 20.2 Å². The van der Waals surface area contributed by atoms with E-state index in [0.717, 1.165) is 12.8 Å². The van der Waals surface area contributed by atoms with Gasteiger partial charge >= 0.3 is 0 Å². The number of hydrogen-bond donors (Lipinski definition) is 1. The Balaban J connectivity index is 1.62. The molecule has 6 nitrogen and oxygen atoms in total. The third-order valence-corrected chi connectivity index (χ3v) is 5.76. The number of carbonyl (C=O) groups excluding carboxylic acids is 1. The first-order valence-corrected chi connectivity index (χ1v) is 10.1. The first-order valence-electron chi connectivity index (χ1n) is 9.73. The third-order valence-electron chi connectivity index (χ3n) is 5.52. The summed E-state index contributed by atoms with van der Waals surface area (Å²) in [7, 11) is 1.66. The highest BCUT2D eigenvalue weighted by molar-refractivity contribution is 6.31. The molecule has 1 aliphatic heterocycles. The van der Waals surface area contributed by atoms with Crippen LogP contribution in [0.5, 0.6) is 0 Å². The van der Waals surface area contributed by atoms with Gasteiger partial charge in [-0.3, -0.25) is 9.59 Å². The van der Waals surface area contributed by atoms with Gasteiger partial charge < -0.3 is 9.64 Å². The maximum Gasteiger partial charge on any atom is 0.272 e. The van der Waals surface area contributed by atoms with Crippen molar-refractivity contribution in [2.45, 2.75) is 25.4 Å². The van der Waals surface area contributed by atoms with Crippen molar-refractivity contribution in [3.05, 3.63) is 74.4 Å². The molecule has 1 amide bonds. The monoisotopic (exact) mass is 429 g/mol. The summed E-state index contributed by atoms with van der Waals surface area (Å²) in [4.78, 5) is 26.6. The smallest absolute Gasteiger partial charge is 0.272 e. The number of hydrogen-bond acceptors (Lipinski definition) is 4. The first-order chi connectivity index (χ1) is 14.5. The Labute approximate surface area is 177 Å². The molecule has 8 heteroatoms. The second-order valence-electron chi connectivity index (χ2n) is 7.41. The van der Waals surface area contributed by atoms with Crippen LogP contribution in [0.15, 0.2) is 41.2 Å². The molecule has 0 unspecified atom stereocenters. The molecule has 0 aliphatic carbocycles. The quantitative estimate of drug-likeness (QED) is 0.688. The maximum absolute atomic E-state index is 14.5. The number of aromatic amines is 1. The van der Waals surface area contributed by atoms with Gasteiger partial charge in [0.1, 0.15) is 5.82 Å². The molecule has 0 atom stereocenters. The summed E-state index contributed by atoms with van der Waals surface area (Å²) in [6.45, 7) is 1.07. The summed E-state index contributed by atoms with van der Waals surface area (Å²) in [6, 6.07) is 9.44. The van der Waals surface area contributed by atoms with E-state index < -0.39 is 5.82 Å². The highest BCUT2D eigenvalue weighted by Crippen LogP contribution is 2.23. The average Bonchev–Trinajstić information content (AvgIpc) is 2.76. The number of nitrogens with one attached hydrogen (secondary N) is 1. The standard InChI is InChI=1S/C22H21ClFN3O3/c1-30-15-6-8-27(9-7-15)22(29)18-10-13(2-5-19(18)24)11-20-17-12-14(23)3-4-16(17)21(28)26-25-20/h2-5,10,12,15H,6-9,11H2,1H3,(H,26,28). The number of halogens is 2. The lowest BCUT2D eigenvalue weighted by Crippen LogP contribution is -2.41. The topological polar surface area (TPSA) is 75.3 Å². The molecule has 1 aromatic heterocycles. The second kappa shape index (κ2) is 8.53. The van der Waals surface area contributed by atoms with Crippen LogP contribution in [0.3, 0.4) is 0 Å². The zero-order chi connectivity index (χ0) is 21.3. The molecule has 156 valence electrons. The molecule has 0 bridgehead atoms. The Kier molecular flexibility index (Phi) is 5.83. The molecule has 0 spiro atoms. The minimum Gasteiger partial charge on any atom is -0.381 e. The van der Waals surface area contributed by atoms with Crippen molar-refractivity contribution in [3.63, 3.8) is 0 Å². The van der Waals surface area contributed by atoms with E-state index in [1.54, 1.807) is 42.3 Å². The van der Waals surface area contributed by atoms with Crippen LogP contribution in [0.2, 0.25) is 5.02 Å². The van der Waals surface area contributed by atoms with Crippen molar-refractivity contribution in [1.82, 2.24) is 15.1 Å². The van der Waals surface area contributed by atoms with Crippen LogP contribution < -0.4 is 5.56 Å². The SMILES string of the molecule is COC1CCN(C(=O)c2cc(Cc3n[nH]c(=O)c4ccc(Cl)cc34)ccc2F)CC1.